The molecule has 1 aromatic heterocycles. The lowest BCUT2D eigenvalue weighted by Gasteiger charge is -2.12. The number of aromatic nitrogens is 2. The van der Waals surface area contributed by atoms with Gasteiger partial charge in [0.25, 0.3) is 17.7 Å². The van der Waals surface area contributed by atoms with E-state index in [1.165, 1.54) is 4.90 Å². The topological polar surface area (TPSA) is 105 Å². The number of hydrogen-bond donors (Lipinski definition) is 1. The Labute approximate surface area is 179 Å². The molecule has 0 spiro atoms. The van der Waals surface area contributed by atoms with E-state index in [1.807, 2.05) is 37.3 Å². The second-order valence-corrected chi connectivity index (χ2v) is 7.33. The van der Waals surface area contributed by atoms with E-state index >= 15 is 0 Å². The summed E-state index contributed by atoms with van der Waals surface area (Å²) < 4.78 is 5.28. The van der Waals surface area contributed by atoms with Gasteiger partial charge in [-0.2, -0.15) is 4.98 Å². The minimum atomic E-state index is -0.310. The molecule has 0 unspecified atom stereocenters. The van der Waals surface area contributed by atoms with Crippen LogP contribution in [0.25, 0.3) is 11.5 Å². The Morgan fingerprint density at radius 3 is 2.61 bits per heavy atom. The summed E-state index contributed by atoms with van der Waals surface area (Å²) in [6.07, 6.45) is 1.63. The molecule has 0 saturated heterocycles. The highest BCUT2D eigenvalue weighted by molar-refractivity contribution is 6.21. The van der Waals surface area contributed by atoms with Crippen LogP contribution < -0.4 is 5.32 Å². The van der Waals surface area contributed by atoms with Crippen molar-refractivity contribution in [2.24, 2.45) is 0 Å². The van der Waals surface area contributed by atoms with Gasteiger partial charge in [0, 0.05) is 18.7 Å². The molecule has 0 radical (unpaired) electrons. The molecule has 8 heteroatoms. The van der Waals surface area contributed by atoms with Crippen LogP contribution in [-0.2, 0) is 17.8 Å². The highest BCUT2D eigenvalue weighted by Gasteiger charge is 2.35. The Morgan fingerprint density at radius 1 is 1.06 bits per heavy atom. The molecule has 8 nitrogen and oxygen atoms in total. The number of imide groups is 1. The number of amides is 3. The fraction of sp³-hybridized carbons (Fsp3) is 0.261. The first-order chi connectivity index (χ1) is 15.1. The van der Waals surface area contributed by atoms with Crippen LogP contribution >= 0.6 is 0 Å². The molecular formula is C23H22N4O4. The van der Waals surface area contributed by atoms with Gasteiger partial charge < -0.3 is 9.84 Å². The first-order valence-corrected chi connectivity index (χ1v) is 10.2. The molecular weight excluding hydrogens is 396 g/mol. The zero-order chi connectivity index (χ0) is 21.8. The molecule has 0 fully saturated rings. The number of hydrogen-bond acceptors (Lipinski definition) is 6. The van der Waals surface area contributed by atoms with Crippen molar-refractivity contribution in [1.29, 1.82) is 0 Å². The molecule has 1 aliphatic heterocycles. The first kappa shape index (κ1) is 20.5. The highest BCUT2D eigenvalue weighted by Crippen LogP contribution is 2.28. The third-order valence-electron chi connectivity index (χ3n) is 5.07. The van der Waals surface area contributed by atoms with Gasteiger partial charge in [0.2, 0.25) is 5.91 Å². The Kier molecular flexibility index (Phi) is 5.88. The summed E-state index contributed by atoms with van der Waals surface area (Å²) in [5, 5.41) is 6.68. The number of nitrogens with one attached hydrogen (secondary N) is 1. The molecule has 4 rings (SSSR count). The molecule has 3 aromatic rings. The maximum atomic E-state index is 12.6. The van der Waals surface area contributed by atoms with Crippen LogP contribution in [0.5, 0.6) is 0 Å². The summed E-state index contributed by atoms with van der Waals surface area (Å²) in [5.74, 6) is -0.372. The predicted molar refractivity (Wildman–Crippen MR) is 112 cm³/mol. The molecule has 1 N–H and O–H groups in total. The first-order valence-electron chi connectivity index (χ1n) is 10.2. The number of carbonyl (C=O) groups excluding carboxylic acids is 3. The Hall–Kier alpha value is -3.81. The van der Waals surface area contributed by atoms with E-state index in [0.717, 1.165) is 18.4 Å². The third kappa shape index (κ3) is 4.37. The van der Waals surface area contributed by atoms with Crippen molar-refractivity contribution >= 4 is 17.7 Å². The van der Waals surface area contributed by atoms with E-state index in [-0.39, 0.29) is 35.9 Å². The van der Waals surface area contributed by atoms with E-state index in [9.17, 15) is 14.4 Å². The lowest BCUT2D eigenvalue weighted by Crippen LogP contribution is -2.30. The van der Waals surface area contributed by atoms with Gasteiger partial charge in [-0.05, 0) is 30.2 Å². The van der Waals surface area contributed by atoms with Gasteiger partial charge in [0.1, 0.15) is 0 Å². The summed E-state index contributed by atoms with van der Waals surface area (Å²) in [6, 6.07) is 14.4. The molecule has 31 heavy (non-hydrogen) atoms. The van der Waals surface area contributed by atoms with Gasteiger partial charge in [-0.25, -0.2) is 0 Å². The van der Waals surface area contributed by atoms with Crippen LogP contribution in [0.4, 0.5) is 0 Å². The largest absolute Gasteiger partial charge is 0.352 e. The molecule has 2 heterocycles. The van der Waals surface area contributed by atoms with Crippen LogP contribution in [0.2, 0.25) is 0 Å². The standard InChI is InChI=1S/C23H22N4O4/c1-2-3-11-27-22(29)17-10-9-16(12-18(17)23(27)30)21-25-19(26-31-21)13-20(28)24-14-15-7-5-4-6-8-15/h4-10,12H,2-3,11,13-14H2,1H3,(H,24,28). The van der Waals surface area contributed by atoms with Crippen molar-refractivity contribution in [1.82, 2.24) is 20.4 Å². The molecule has 0 aliphatic carbocycles. The van der Waals surface area contributed by atoms with Crippen molar-refractivity contribution in [3.8, 4) is 11.5 Å². The highest BCUT2D eigenvalue weighted by atomic mass is 16.5. The van der Waals surface area contributed by atoms with E-state index in [2.05, 4.69) is 15.5 Å². The maximum absolute atomic E-state index is 12.6. The number of rotatable bonds is 8. The second-order valence-electron chi connectivity index (χ2n) is 7.33. The van der Waals surface area contributed by atoms with Gasteiger partial charge in [-0.1, -0.05) is 48.8 Å². The monoisotopic (exact) mass is 418 g/mol. The predicted octanol–water partition coefficient (Wildman–Crippen LogP) is 2.99. The van der Waals surface area contributed by atoms with Gasteiger partial charge >= 0.3 is 0 Å². The van der Waals surface area contributed by atoms with Crippen LogP contribution in [0.3, 0.4) is 0 Å². The van der Waals surface area contributed by atoms with E-state index in [4.69, 9.17) is 4.52 Å². The molecule has 3 amide bonds. The fourth-order valence-corrected chi connectivity index (χ4v) is 3.39. The summed E-state index contributed by atoms with van der Waals surface area (Å²) >= 11 is 0. The van der Waals surface area contributed by atoms with Gasteiger partial charge in [0.15, 0.2) is 5.82 Å². The Balaban J connectivity index is 1.43. The normalized spacial score (nSPS) is 12.9. The van der Waals surface area contributed by atoms with E-state index < -0.39 is 0 Å². The van der Waals surface area contributed by atoms with Crippen molar-refractivity contribution < 1.29 is 18.9 Å². The van der Waals surface area contributed by atoms with Crippen LogP contribution in [0, 0.1) is 0 Å². The zero-order valence-corrected chi connectivity index (χ0v) is 17.1. The molecule has 0 atom stereocenters. The summed E-state index contributed by atoms with van der Waals surface area (Å²) in [5.41, 5.74) is 2.24. The van der Waals surface area contributed by atoms with Gasteiger partial charge in [0.05, 0.1) is 17.5 Å². The Bertz CT molecular complexity index is 1120. The molecule has 2 aromatic carbocycles. The minimum Gasteiger partial charge on any atom is -0.352 e. The van der Waals surface area contributed by atoms with Crippen LogP contribution in [-0.4, -0.2) is 39.3 Å². The zero-order valence-electron chi connectivity index (χ0n) is 17.1. The summed E-state index contributed by atoms with van der Waals surface area (Å²) in [7, 11) is 0. The van der Waals surface area contributed by atoms with Crippen LogP contribution in [0.1, 0.15) is 51.9 Å². The lowest BCUT2D eigenvalue weighted by molar-refractivity contribution is -0.120. The van der Waals surface area contributed by atoms with Crippen LogP contribution in [0.15, 0.2) is 53.1 Å². The minimum absolute atomic E-state index is 0.0243. The van der Waals surface area contributed by atoms with E-state index in [0.29, 0.717) is 29.8 Å². The van der Waals surface area contributed by atoms with Crippen molar-refractivity contribution in [3.63, 3.8) is 0 Å². The number of fused-ring (bicyclic) bond motifs is 1. The average molecular weight is 418 g/mol. The second kappa shape index (κ2) is 8.91. The SMILES string of the molecule is CCCCN1C(=O)c2ccc(-c3nc(CC(=O)NCc4ccccc4)no3)cc2C1=O. The maximum Gasteiger partial charge on any atom is 0.261 e. The summed E-state index contributed by atoms with van der Waals surface area (Å²) in [4.78, 5) is 42.8. The molecule has 0 saturated carbocycles. The summed E-state index contributed by atoms with van der Waals surface area (Å²) in [6.45, 7) is 2.83. The molecule has 1 aliphatic rings. The van der Waals surface area contributed by atoms with Crippen molar-refractivity contribution in [3.05, 3.63) is 71.0 Å². The smallest absolute Gasteiger partial charge is 0.261 e. The molecule has 158 valence electrons. The number of carbonyl (C=O) groups is 3. The van der Waals surface area contributed by atoms with Gasteiger partial charge in [-0.3, -0.25) is 19.3 Å². The fourth-order valence-electron chi connectivity index (χ4n) is 3.39. The van der Waals surface area contributed by atoms with E-state index in [1.54, 1.807) is 18.2 Å². The van der Waals surface area contributed by atoms with Crippen molar-refractivity contribution in [2.45, 2.75) is 32.7 Å². The van der Waals surface area contributed by atoms with Gasteiger partial charge in [-0.15, -0.1) is 0 Å². The average Bonchev–Trinajstić information content (AvgIpc) is 3.34. The quantitative estimate of drug-likeness (QED) is 0.564. The molecule has 0 bridgehead atoms. The number of unbranched alkanes of at least 4 members (excludes halogenated alkanes) is 1. The Morgan fingerprint density at radius 2 is 1.84 bits per heavy atom. The lowest BCUT2D eigenvalue weighted by atomic mass is 10.1. The van der Waals surface area contributed by atoms with Crippen molar-refractivity contribution in [2.75, 3.05) is 6.54 Å². The third-order valence-corrected chi connectivity index (χ3v) is 5.07. The number of nitrogens with zero attached hydrogens (tertiary/aromatic N) is 3. The number of benzene rings is 2.